The van der Waals surface area contributed by atoms with E-state index in [1.54, 1.807) is 23.7 Å². The molecule has 5 rings (SSSR count). The summed E-state index contributed by atoms with van der Waals surface area (Å²) in [5.74, 6) is 0.702. The maximum Gasteiger partial charge on any atom is 0.275 e. The van der Waals surface area contributed by atoms with Gasteiger partial charge in [-0.05, 0) is 48.6 Å². The summed E-state index contributed by atoms with van der Waals surface area (Å²) in [6.07, 6.45) is 5.13. The molecule has 0 spiro atoms. The largest absolute Gasteiger partial charge is 0.339 e. The Morgan fingerprint density at radius 2 is 1.97 bits per heavy atom. The Hall–Kier alpha value is -3.41. The number of nitrogens with zero attached hydrogens (tertiary/aromatic N) is 5. The number of aromatic nitrogens is 4. The minimum atomic E-state index is -0.237. The Bertz CT molecular complexity index is 1380. The first-order valence-electron chi connectivity index (χ1n) is 11.7. The highest BCUT2D eigenvalue weighted by Crippen LogP contribution is 2.32. The standard InChI is InChI=1S/C26H24N6O2S3/c1-2-14-35-25-20(4-3-11-27-25)26(34)32-12-9-18(10-13-32)24-29-22(15-36-24)23(33)28-19-7-5-17(6-8-19)21-16-37-31-30-21/h2-8,11,15-16,18H,1,9-10,12-14H2,(H,28,33). The molecule has 0 unspecified atom stereocenters. The molecule has 1 fully saturated rings. The van der Waals surface area contributed by atoms with Crippen LogP contribution in [0.25, 0.3) is 11.3 Å². The molecule has 2 amide bonds. The molecule has 188 valence electrons. The molecule has 1 aliphatic heterocycles. The van der Waals surface area contributed by atoms with Crippen LogP contribution >= 0.6 is 34.6 Å². The summed E-state index contributed by atoms with van der Waals surface area (Å²) in [4.78, 5) is 36.8. The fraction of sp³-hybridized carbons (Fsp3) is 0.231. The number of thiazole rings is 1. The number of piperidine rings is 1. The fourth-order valence-corrected chi connectivity index (χ4v) is 6.25. The number of amides is 2. The third-order valence-corrected chi connectivity index (χ3v) is 8.54. The predicted molar refractivity (Wildman–Crippen MR) is 148 cm³/mol. The van der Waals surface area contributed by atoms with Crippen LogP contribution in [0.4, 0.5) is 5.69 Å². The number of nitrogens with one attached hydrogen (secondary N) is 1. The van der Waals surface area contributed by atoms with Crippen molar-refractivity contribution in [2.45, 2.75) is 23.8 Å². The highest BCUT2D eigenvalue weighted by molar-refractivity contribution is 7.99. The Morgan fingerprint density at radius 1 is 1.16 bits per heavy atom. The van der Waals surface area contributed by atoms with Crippen LogP contribution in [0.15, 0.2) is 71.0 Å². The van der Waals surface area contributed by atoms with Crippen molar-refractivity contribution >= 4 is 52.1 Å². The molecule has 3 aromatic heterocycles. The molecule has 1 N–H and O–H groups in total. The molecule has 0 aliphatic carbocycles. The second kappa shape index (κ2) is 11.8. The maximum atomic E-state index is 13.2. The van der Waals surface area contributed by atoms with Gasteiger partial charge in [0.05, 0.1) is 10.6 Å². The zero-order valence-corrected chi connectivity index (χ0v) is 22.3. The lowest BCUT2D eigenvalue weighted by molar-refractivity contribution is 0.0708. The van der Waals surface area contributed by atoms with Crippen molar-refractivity contribution in [2.75, 3.05) is 24.2 Å². The number of thioether (sulfide) groups is 1. The Labute approximate surface area is 227 Å². The lowest BCUT2D eigenvalue weighted by Crippen LogP contribution is -2.38. The molecule has 11 heteroatoms. The minimum absolute atomic E-state index is 0.00868. The van der Waals surface area contributed by atoms with Crippen LogP contribution in [0.2, 0.25) is 0 Å². The number of carbonyl (C=O) groups excluding carboxylic acids is 2. The number of rotatable bonds is 8. The van der Waals surface area contributed by atoms with Crippen molar-refractivity contribution in [3.63, 3.8) is 0 Å². The van der Waals surface area contributed by atoms with Gasteiger partial charge in [-0.3, -0.25) is 9.59 Å². The molecular weight excluding hydrogens is 525 g/mol. The molecule has 4 heterocycles. The first-order chi connectivity index (χ1) is 18.1. The fourth-order valence-electron chi connectivity index (χ4n) is 4.10. The van der Waals surface area contributed by atoms with Crippen LogP contribution in [-0.2, 0) is 0 Å². The number of likely N-dealkylation sites (tertiary alicyclic amines) is 1. The Balaban J connectivity index is 1.17. The van der Waals surface area contributed by atoms with Gasteiger partial charge in [0.15, 0.2) is 0 Å². The Morgan fingerprint density at radius 3 is 2.70 bits per heavy atom. The summed E-state index contributed by atoms with van der Waals surface area (Å²) in [5, 5.41) is 12.3. The van der Waals surface area contributed by atoms with Gasteiger partial charge in [0, 0.05) is 53.0 Å². The summed E-state index contributed by atoms with van der Waals surface area (Å²) in [6, 6.07) is 11.1. The predicted octanol–water partition coefficient (Wildman–Crippen LogP) is 5.61. The second-order valence-electron chi connectivity index (χ2n) is 8.41. The van der Waals surface area contributed by atoms with E-state index in [4.69, 9.17) is 0 Å². The number of hydrogen-bond acceptors (Lipinski definition) is 9. The summed E-state index contributed by atoms with van der Waals surface area (Å²) < 4.78 is 3.88. The van der Waals surface area contributed by atoms with Gasteiger partial charge in [0.2, 0.25) is 0 Å². The van der Waals surface area contributed by atoms with Crippen molar-refractivity contribution in [1.82, 2.24) is 24.5 Å². The van der Waals surface area contributed by atoms with Crippen molar-refractivity contribution in [1.29, 1.82) is 0 Å². The molecule has 0 bridgehead atoms. The van der Waals surface area contributed by atoms with Crippen LogP contribution in [0.5, 0.6) is 0 Å². The molecule has 0 atom stereocenters. The van der Waals surface area contributed by atoms with Gasteiger partial charge in [-0.15, -0.1) is 34.8 Å². The lowest BCUT2D eigenvalue weighted by atomic mass is 9.97. The van der Waals surface area contributed by atoms with E-state index in [1.165, 1.54) is 34.6 Å². The molecule has 4 aromatic rings. The molecule has 0 radical (unpaired) electrons. The van der Waals surface area contributed by atoms with Crippen LogP contribution in [0, 0.1) is 0 Å². The van der Waals surface area contributed by atoms with Gasteiger partial charge < -0.3 is 10.2 Å². The number of carbonyl (C=O) groups is 2. The second-order valence-corrected chi connectivity index (χ2v) is 10.9. The van der Waals surface area contributed by atoms with E-state index in [1.807, 2.05) is 40.6 Å². The van der Waals surface area contributed by atoms with E-state index in [0.29, 0.717) is 35.8 Å². The monoisotopic (exact) mass is 548 g/mol. The van der Waals surface area contributed by atoms with Gasteiger partial charge in [-0.25, -0.2) is 9.97 Å². The Kier molecular flexibility index (Phi) is 8.02. The van der Waals surface area contributed by atoms with Crippen molar-refractivity contribution in [3.8, 4) is 11.3 Å². The molecule has 1 saturated heterocycles. The smallest absolute Gasteiger partial charge is 0.275 e. The van der Waals surface area contributed by atoms with E-state index in [2.05, 4.69) is 31.5 Å². The normalized spacial score (nSPS) is 13.9. The van der Waals surface area contributed by atoms with Crippen LogP contribution in [0.1, 0.15) is 44.6 Å². The number of hydrogen-bond donors (Lipinski definition) is 1. The molecule has 37 heavy (non-hydrogen) atoms. The lowest BCUT2D eigenvalue weighted by Gasteiger charge is -2.31. The SMILES string of the molecule is C=CCSc1ncccc1C(=O)N1CCC(c2nc(C(=O)Nc3ccc(-c4csnn4)cc3)cs2)CC1. The average Bonchev–Trinajstić information content (AvgIpc) is 3.66. The van der Waals surface area contributed by atoms with Gasteiger partial charge in [-0.1, -0.05) is 22.7 Å². The number of benzene rings is 1. The number of anilines is 1. The van der Waals surface area contributed by atoms with E-state index in [-0.39, 0.29) is 17.7 Å². The van der Waals surface area contributed by atoms with E-state index < -0.39 is 0 Å². The molecule has 8 nitrogen and oxygen atoms in total. The van der Waals surface area contributed by atoms with Gasteiger partial charge in [0.25, 0.3) is 11.8 Å². The third-order valence-electron chi connectivity index (χ3n) is 6.02. The first-order valence-corrected chi connectivity index (χ1v) is 14.4. The molecule has 1 aliphatic rings. The summed E-state index contributed by atoms with van der Waals surface area (Å²) >= 11 is 4.32. The van der Waals surface area contributed by atoms with E-state index in [0.717, 1.165) is 34.1 Å². The van der Waals surface area contributed by atoms with Crippen LogP contribution in [-0.4, -0.2) is 55.1 Å². The third kappa shape index (κ3) is 5.95. The maximum absolute atomic E-state index is 13.2. The minimum Gasteiger partial charge on any atom is -0.339 e. The highest BCUT2D eigenvalue weighted by Gasteiger charge is 2.28. The van der Waals surface area contributed by atoms with Crippen LogP contribution in [0.3, 0.4) is 0 Å². The quantitative estimate of drug-likeness (QED) is 0.226. The molecule has 1 aromatic carbocycles. The average molecular weight is 549 g/mol. The van der Waals surface area contributed by atoms with Crippen LogP contribution < -0.4 is 5.32 Å². The van der Waals surface area contributed by atoms with Crippen molar-refractivity contribution < 1.29 is 9.59 Å². The molecular formula is C26H24N6O2S3. The number of pyridine rings is 1. The van der Waals surface area contributed by atoms with Crippen molar-refractivity contribution in [3.05, 3.63) is 82.3 Å². The first kappa shape index (κ1) is 25.2. The summed E-state index contributed by atoms with van der Waals surface area (Å²) in [5.41, 5.74) is 3.50. The van der Waals surface area contributed by atoms with E-state index >= 15 is 0 Å². The zero-order chi connectivity index (χ0) is 25.6. The summed E-state index contributed by atoms with van der Waals surface area (Å²) in [6.45, 7) is 5.03. The van der Waals surface area contributed by atoms with Crippen molar-refractivity contribution in [2.24, 2.45) is 0 Å². The van der Waals surface area contributed by atoms with Gasteiger partial charge in [0.1, 0.15) is 16.4 Å². The zero-order valence-electron chi connectivity index (χ0n) is 19.9. The topological polar surface area (TPSA) is 101 Å². The highest BCUT2D eigenvalue weighted by atomic mass is 32.2. The van der Waals surface area contributed by atoms with Gasteiger partial charge in [-0.2, -0.15) is 0 Å². The van der Waals surface area contributed by atoms with E-state index in [9.17, 15) is 9.59 Å². The van der Waals surface area contributed by atoms with Gasteiger partial charge >= 0.3 is 0 Å². The molecule has 0 saturated carbocycles. The summed E-state index contributed by atoms with van der Waals surface area (Å²) in [7, 11) is 0.